The number of benzene rings is 1. The summed E-state index contributed by atoms with van der Waals surface area (Å²) < 4.78 is 4.98. The number of nitrogens with zero attached hydrogens (tertiary/aromatic N) is 1. The molecular formula is C13H17NO5. The highest BCUT2D eigenvalue weighted by molar-refractivity contribution is 5.84. The van der Waals surface area contributed by atoms with Crippen molar-refractivity contribution in [3.8, 4) is 0 Å². The minimum atomic E-state index is -1.23. The fourth-order valence-corrected chi connectivity index (χ4v) is 1.96. The first kappa shape index (κ1) is 15.1. The molecule has 19 heavy (non-hydrogen) atoms. The molecule has 0 bridgehead atoms. The summed E-state index contributed by atoms with van der Waals surface area (Å²) in [4.78, 5) is 22.6. The number of hydrogen-bond donors (Lipinski definition) is 1. The van der Waals surface area contributed by atoms with Crippen LogP contribution in [0.25, 0.3) is 0 Å². The van der Waals surface area contributed by atoms with Gasteiger partial charge in [0.25, 0.3) is 5.69 Å². The standard InChI is InChI=1S/C13H17NO5/c1-3-19-12(16)13(2,8-9-15)10-6-4-5-7-11(10)14(17)18/h4-7,15H,3,8-9H2,1-2H3. The predicted molar refractivity (Wildman–Crippen MR) is 68.8 cm³/mol. The zero-order valence-electron chi connectivity index (χ0n) is 11.0. The summed E-state index contributed by atoms with van der Waals surface area (Å²) >= 11 is 0. The lowest BCUT2D eigenvalue weighted by Gasteiger charge is -2.26. The summed E-state index contributed by atoms with van der Waals surface area (Å²) in [6, 6.07) is 6.01. The normalized spacial score (nSPS) is 13.6. The van der Waals surface area contributed by atoms with E-state index in [4.69, 9.17) is 9.84 Å². The Morgan fingerprint density at radius 1 is 1.47 bits per heavy atom. The van der Waals surface area contributed by atoms with E-state index in [0.717, 1.165) is 0 Å². The van der Waals surface area contributed by atoms with Crippen molar-refractivity contribution in [3.63, 3.8) is 0 Å². The third-order valence-electron chi connectivity index (χ3n) is 3.03. The molecule has 0 heterocycles. The van der Waals surface area contributed by atoms with Gasteiger partial charge < -0.3 is 9.84 Å². The SMILES string of the molecule is CCOC(=O)C(C)(CCO)c1ccccc1[N+](=O)[O-]. The van der Waals surface area contributed by atoms with E-state index in [1.165, 1.54) is 18.2 Å². The van der Waals surface area contributed by atoms with E-state index >= 15 is 0 Å². The quantitative estimate of drug-likeness (QED) is 0.482. The number of aliphatic hydroxyl groups excluding tert-OH is 1. The first-order valence-electron chi connectivity index (χ1n) is 5.99. The second-order valence-corrected chi connectivity index (χ2v) is 4.30. The summed E-state index contributed by atoms with van der Waals surface area (Å²) in [5.41, 5.74) is -1.12. The van der Waals surface area contributed by atoms with E-state index in [-0.39, 0.29) is 30.9 Å². The summed E-state index contributed by atoms with van der Waals surface area (Å²) in [5, 5.41) is 20.2. The van der Waals surface area contributed by atoms with Crippen molar-refractivity contribution in [2.75, 3.05) is 13.2 Å². The lowest BCUT2D eigenvalue weighted by Crippen LogP contribution is -2.36. The van der Waals surface area contributed by atoms with Gasteiger partial charge in [-0.15, -0.1) is 0 Å². The zero-order chi connectivity index (χ0) is 14.5. The highest BCUT2D eigenvalue weighted by atomic mass is 16.6. The molecule has 1 rings (SSSR count). The molecule has 1 atom stereocenters. The van der Waals surface area contributed by atoms with Crippen LogP contribution in [0, 0.1) is 10.1 Å². The summed E-state index contributed by atoms with van der Waals surface area (Å²) in [5.74, 6) is -0.571. The molecule has 0 fully saturated rings. The number of carbonyl (C=O) groups excluding carboxylic acids is 1. The van der Waals surface area contributed by atoms with Gasteiger partial charge in [-0.2, -0.15) is 0 Å². The summed E-state index contributed by atoms with van der Waals surface area (Å²) in [6.45, 7) is 3.13. The largest absolute Gasteiger partial charge is 0.465 e. The van der Waals surface area contributed by atoms with Gasteiger partial charge in [0.1, 0.15) is 0 Å². The van der Waals surface area contributed by atoms with Gasteiger partial charge in [-0.3, -0.25) is 14.9 Å². The van der Waals surface area contributed by atoms with Crippen molar-refractivity contribution in [2.24, 2.45) is 0 Å². The number of rotatable bonds is 6. The zero-order valence-corrected chi connectivity index (χ0v) is 11.0. The Labute approximate surface area is 111 Å². The molecular weight excluding hydrogens is 250 g/mol. The maximum atomic E-state index is 12.1. The number of carbonyl (C=O) groups is 1. The van der Waals surface area contributed by atoms with E-state index in [1.54, 1.807) is 19.9 Å². The Morgan fingerprint density at radius 3 is 2.63 bits per heavy atom. The van der Waals surface area contributed by atoms with Crippen molar-refractivity contribution in [1.82, 2.24) is 0 Å². The van der Waals surface area contributed by atoms with Crippen LogP contribution in [0.3, 0.4) is 0 Å². The maximum Gasteiger partial charge on any atom is 0.316 e. The molecule has 1 N–H and O–H groups in total. The van der Waals surface area contributed by atoms with E-state index in [1.807, 2.05) is 0 Å². The Morgan fingerprint density at radius 2 is 2.11 bits per heavy atom. The van der Waals surface area contributed by atoms with Crippen molar-refractivity contribution in [3.05, 3.63) is 39.9 Å². The first-order chi connectivity index (χ1) is 8.97. The Balaban J connectivity index is 3.33. The number of hydrogen-bond acceptors (Lipinski definition) is 5. The van der Waals surface area contributed by atoms with Crippen LogP contribution < -0.4 is 0 Å². The molecule has 104 valence electrons. The monoisotopic (exact) mass is 267 g/mol. The molecule has 0 saturated heterocycles. The molecule has 0 aromatic heterocycles. The van der Waals surface area contributed by atoms with Crippen LogP contribution in [0.5, 0.6) is 0 Å². The molecule has 0 amide bonds. The molecule has 1 aromatic rings. The van der Waals surface area contributed by atoms with Crippen molar-refractivity contribution in [1.29, 1.82) is 0 Å². The fraction of sp³-hybridized carbons (Fsp3) is 0.462. The fourth-order valence-electron chi connectivity index (χ4n) is 1.96. The number of aliphatic hydroxyl groups is 1. The molecule has 0 spiro atoms. The predicted octanol–water partition coefficient (Wildman–Crippen LogP) is 1.80. The van der Waals surface area contributed by atoms with Crippen LogP contribution in [0.4, 0.5) is 5.69 Å². The van der Waals surface area contributed by atoms with Crippen molar-refractivity contribution in [2.45, 2.75) is 25.7 Å². The second-order valence-electron chi connectivity index (χ2n) is 4.30. The van der Waals surface area contributed by atoms with E-state index in [9.17, 15) is 14.9 Å². The molecule has 0 aliphatic rings. The molecule has 1 unspecified atom stereocenters. The third-order valence-corrected chi connectivity index (χ3v) is 3.03. The number of esters is 1. The molecule has 0 saturated carbocycles. The highest BCUT2D eigenvalue weighted by Gasteiger charge is 2.40. The summed E-state index contributed by atoms with van der Waals surface area (Å²) in [6.07, 6.45) is 0.0662. The number of para-hydroxylation sites is 1. The first-order valence-corrected chi connectivity index (χ1v) is 5.99. The van der Waals surface area contributed by atoms with E-state index < -0.39 is 16.3 Å². The van der Waals surface area contributed by atoms with Gasteiger partial charge in [0.2, 0.25) is 0 Å². The average molecular weight is 267 g/mol. The molecule has 0 aliphatic heterocycles. The van der Waals surface area contributed by atoms with Crippen molar-refractivity contribution < 1.29 is 19.6 Å². The van der Waals surface area contributed by atoms with Gasteiger partial charge in [-0.25, -0.2) is 0 Å². The smallest absolute Gasteiger partial charge is 0.316 e. The van der Waals surface area contributed by atoms with Gasteiger partial charge in [-0.1, -0.05) is 18.2 Å². The van der Waals surface area contributed by atoms with E-state index in [2.05, 4.69) is 0 Å². The van der Waals surface area contributed by atoms with Crippen LogP contribution in [0.1, 0.15) is 25.8 Å². The minimum Gasteiger partial charge on any atom is -0.465 e. The van der Waals surface area contributed by atoms with Crippen LogP contribution in [0.15, 0.2) is 24.3 Å². The number of nitro benzene ring substituents is 1. The van der Waals surface area contributed by atoms with Crippen LogP contribution in [-0.4, -0.2) is 29.2 Å². The molecule has 0 radical (unpaired) electrons. The summed E-state index contributed by atoms with van der Waals surface area (Å²) in [7, 11) is 0. The lowest BCUT2D eigenvalue weighted by atomic mass is 9.79. The van der Waals surface area contributed by atoms with Gasteiger partial charge in [0.05, 0.1) is 16.9 Å². The van der Waals surface area contributed by atoms with Crippen molar-refractivity contribution >= 4 is 11.7 Å². The third kappa shape index (κ3) is 3.08. The molecule has 6 heteroatoms. The van der Waals surface area contributed by atoms with Gasteiger partial charge >= 0.3 is 5.97 Å². The van der Waals surface area contributed by atoms with Crippen LogP contribution in [0.2, 0.25) is 0 Å². The molecule has 6 nitrogen and oxygen atoms in total. The molecule has 1 aromatic carbocycles. The van der Waals surface area contributed by atoms with Gasteiger partial charge in [-0.05, 0) is 20.3 Å². The average Bonchev–Trinajstić information content (AvgIpc) is 2.39. The van der Waals surface area contributed by atoms with Gasteiger partial charge in [0, 0.05) is 18.2 Å². The highest BCUT2D eigenvalue weighted by Crippen LogP contribution is 2.35. The Kier molecular flexibility index (Phi) is 5.00. The number of ether oxygens (including phenoxy) is 1. The maximum absolute atomic E-state index is 12.1. The lowest BCUT2D eigenvalue weighted by molar-refractivity contribution is -0.386. The van der Waals surface area contributed by atoms with Crippen LogP contribution in [-0.2, 0) is 14.9 Å². The number of nitro groups is 1. The minimum absolute atomic E-state index is 0.0662. The Hall–Kier alpha value is -1.95. The van der Waals surface area contributed by atoms with Gasteiger partial charge in [0.15, 0.2) is 0 Å². The van der Waals surface area contributed by atoms with E-state index in [0.29, 0.717) is 0 Å². The topological polar surface area (TPSA) is 89.7 Å². The Bertz CT molecular complexity index is 474. The molecule has 0 aliphatic carbocycles. The second kappa shape index (κ2) is 6.29. The van der Waals surface area contributed by atoms with Crippen LogP contribution >= 0.6 is 0 Å².